The lowest BCUT2D eigenvalue weighted by Crippen LogP contribution is -2.42. The maximum Gasteiger partial charge on any atom is 0.231 e. The number of nitrogen functional groups attached to an aromatic ring is 1. The number of anilines is 1. The molecule has 4 N–H and O–H groups in total. The van der Waals surface area contributed by atoms with Gasteiger partial charge in [0, 0.05) is 18.3 Å². The molecule has 1 aliphatic rings. The Morgan fingerprint density at radius 1 is 1.25 bits per heavy atom. The minimum absolute atomic E-state index is 0.274. The van der Waals surface area contributed by atoms with Crippen LogP contribution in [0, 0.1) is 0 Å². The number of rotatable bonds is 7. The standard InChI is InChI=1S/C15H23N3O2/c16-12-5-7-14(8-6-12)20-10-9-18(11-15(17)19)13-3-1-2-4-13/h5-8,13H,1-4,9-11,16H2,(H2,17,19). The molecule has 0 bridgehead atoms. The number of nitrogens with zero attached hydrogens (tertiary/aromatic N) is 1. The Morgan fingerprint density at radius 2 is 1.90 bits per heavy atom. The highest BCUT2D eigenvalue weighted by Gasteiger charge is 2.23. The van der Waals surface area contributed by atoms with Crippen LogP contribution >= 0.6 is 0 Å². The van der Waals surface area contributed by atoms with Gasteiger partial charge in [0.25, 0.3) is 0 Å². The summed E-state index contributed by atoms with van der Waals surface area (Å²) < 4.78 is 5.68. The van der Waals surface area contributed by atoms with Crippen molar-refractivity contribution < 1.29 is 9.53 Å². The molecule has 1 aromatic rings. The average molecular weight is 277 g/mol. The molecule has 1 saturated carbocycles. The van der Waals surface area contributed by atoms with Crippen LogP contribution in [0.2, 0.25) is 0 Å². The van der Waals surface area contributed by atoms with Gasteiger partial charge in [-0.1, -0.05) is 12.8 Å². The van der Waals surface area contributed by atoms with Gasteiger partial charge < -0.3 is 16.2 Å². The summed E-state index contributed by atoms with van der Waals surface area (Å²) in [6.07, 6.45) is 4.77. The molecule has 1 fully saturated rings. The van der Waals surface area contributed by atoms with Crippen molar-refractivity contribution in [1.82, 2.24) is 4.90 Å². The third kappa shape index (κ3) is 4.42. The fourth-order valence-electron chi connectivity index (χ4n) is 2.71. The summed E-state index contributed by atoms with van der Waals surface area (Å²) in [6, 6.07) is 7.80. The minimum atomic E-state index is -0.274. The zero-order valence-electron chi connectivity index (χ0n) is 11.8. The van der Waals surface area contributed by atoms with Crippen LogP contribution in [0.1, 0.15) is 25.7 Å². The summed E-state index contributed by atoms with van der Waals surface area (Å²) in [6.45, 7) is 1.58. The highest BCUT2D eigenvalue weighted by atomic mass is 16.5. The van der Waals surface area contributed by atoms with Crippen LogP contribution in [-0.4, -0.2) is 36.5 Å². The lowest BCUT2D eigenvalue weighted by molar-refractivity contribution is -0.119. The molecular weight excluding hydrogens is 254 g/mol. The third-order valence-corrected chi connectivity index (χ3v) is 3.73. The highest BCUT2D eigenvalue weighted by Crippen LogP contribution is 2.23. The molecule has 110 valence electrons. The van der Waals surface area contributed by atoms with Gasteiger partial charge in [0.05, 0.1) is 6.54 Å². The molecule has 0 atom stereocenters. The number of benzene rings is 1. The second-order valence-electron chi connectivity index (χ2n) is 5.29. The summed E-state index contributed by atoms with van der Waals surface area (Å²) in [4.78, 5) is 13.3. The van der Waals surface area contributed by atoms with Gasteiger partial charge in [-0.2, -0.15) is 0 Å². The van der Waals surface area contributed by atoms with Crippen molar-refractivity contribution >= 4 is 11.6 Å². The third-order valence-electron chi connectivity index (χ3n) is 3.73. The van der Waals surface area contributed by atoms with Crippen molar-refractivity contribution in [2.45, 2.75) is 31.7 Å². The van der Waals surface area contributed by atoms with Crippen LogP contribution in [0.15, 0.2) is 24.3 Å². The summed E-state index contributed by atoms with van der Waals surface area (Å²) in [7, 11) is 0. The van der Waals surface area contributed by atoms with E-state index in [2.05, 4.69) is 4.90 Å². The number of amides is 1. The zero-order valence-corrected chi connectivity index (χ0v) is 11.8. The van der Waals surface area contributed by atoms with E-state index in [1.807, 2.05) is 24.3 Å². The number of carbonyl (C=O) groups is 1. The van der Waals surface area contributed by atoms with Gasteiger partial charge >= 0.3 is 0 Å². The van der Waals surface area contributed by atoms with Crippen LogP contribution in [-0.2, 0) is 4.79 Å². The molecule has 0 saturated heterocycles. The van der Waals surface area contributed by atoms with E-state index in [-0.39, 0.29) is 5.91 Å². The topological polar surface area (TPSA) is 81.6 Å². The van der Waals surface area contributed by atoms with Gasteiger partial charge in [-0.3, -0.25) is 9.69 Å². The van der Waals surface area contributed by atoms with Gasteiger partial charge in [0.1, 0.15) is 12.4 Å². The van der Waals surface area contributed by atoms with Crippen molar-refractivity contribution in [3.05, 3.63) is 24.3 Å². The van der Waals surface area contributed by atoms with E-state index in [0.717, 1.165) is 30.8 Å². The Hall–Kier alpha value is -1.75. The van der Waals surface area contributed by atoms with E-state index in [1.165, 1.54) is 12.8 Å². The Morgan fingerprint density at radius 3 is 2.50 bits per heavy atom. The normalized spacial score (nSPS) is 15.7. The van der Waals surface area contributed by atoms with Crippen molar-refractivity contribution in [3.63, 3.8) is 0 Å². The number of ether oxygens (including phenoxy) is 1. The second-order valence-corrected chi connectivity index (χ2v) is 5.29. The molecule has 2 rings (SSSR count). The van der Waals surface area contributed by atoms with Crippen LogP contribution < -0.4 is 16.2 Å². The first kappa shape index (κ1) is 14.7. The molecule has 0 heterocycles. The first-order valence-corrected chi connectivity index (χ1v) is 7.16. The van der Waals surface area contributed by atoms with Crippen molar-refractivity contribution in [2.75, 3.05) is 25.4 Å². The first-order chi connectivity index (χ1) is 9.65. The molecule has 20 heavy (non-hydrogen) atoms. The second kappa shape index (κ2) is 7.14. The molecular formula is C15H23N3O2. The Bertz CT molecular complexity index is 427. The number of hydrogen-bond donors (Lipinski definition) is 2. The smallest absolute Gasteiger partial charge is 0.231 e. The fourth-order valence-corrected chi connectivity index (χ4v) is 2.71. The van der Waals surface area contributed by atoms with E-state index in [0.29, 0.717) is 19.2 Å². The maximum absolute atomic E-state index is 11.2. The van der Waals surface area contributed by atoms with Gasteiger partial charge in [-0.15, -0.1) is 0 Å². The number of hydrogen-bond acceptors (Lipinski definition) is 4. The van der Waals surface area contributed by atoms with E-state index in [4.69, 9.17) is 16.2 Å². The quantitative estimate of drug-likeness (QED) is 0.738. The van der Waals surface area contributed by atoms with Gasteiger partial charge in [0.15, 0.2) is 0 Å². The van der Waals surface area contributed by atoms with Gasteiger partial charge in [0.2, 0.25) is 5.91 Å². The molecule has 0 aliphatic heterocycles. The first-order valence-electron chi connectivity index (χ1n) is 7.16. The lowest BCUT2D eigenvalue weighted by Gasteiger charge is -2.27. The zero-order chi connectivity index (χ0) is 14.4. The molecule has 1 aromatic carbocycles. The minimum Gasteiger partial charge on any atom is -0.492 e. The number of carbonyl (C=O) groups excluding carboxylic acids is 1. The SMILES string of the molecule is NC(=O)CN(CCOc1ccc(N)cc1)C1CCCC1. The average Bonchev–Trinajstić information content (AvgIpc) is 2.93. The molecule has 0 aromatic heterocycles. The van der Waals surface area contributed by atoms with Crippen molar-refractivity contribution in [3.8, 4) is 5.75 Å². The maximum atomic E-state index is 11.2. The number of primary amides is 1. The van der Waals surface area contributed by atoms with Crippen LogP contribution in [0.3, 0.4) is 0 Å². The molecule has 0 unspecified atom stereocenters. The molecule has 1 aliphatic carbocycles. The summed E-state index contributed by atoms with van der Waals surface area (Å²) in [5.41, 5.74) is 11.7. The molecule has 0 radical (unpaired) electrons. The highest BCUT2D eigenvalue weighted by molar-refractivity contribution is 5.75. The number of nitrogens with two attached hydrogens (primary N) is 2. The Balaban J connectivity index is 1.81. The van der Waals surface area contributed by atoms with Gasteiger partial charge in [-0.25, -0.2) is 0 Å². The predicted octanol–water partition coefficient (Wildman–Crippen LogP) is 1.38. The summed E-state index contributed by atoms with van der Waals surface area (Å²) in [5, 5.41) is 0. The predicted molar refractivity (Wildman–Crippen MR) is 79.4 cm³/mol. The summed E-state index contributed by atoms with van der Waals surface area (Å²) >= 11 is 0. The molecule has 0 spiro atoms. The van der Waals surface area contributed by atoms with Gasteiger partial charge in [-0.05, 0) is 37.1 Å². The Kier molecular flexibility index (Phi) is 5.24. The Labute approximate surface area is 119 Å². The van der Waals surface area contributed by atoms with E-state index < -0.39 is 0 Å². The van der Waals surface area contributed by atoms with Crippen LogP contribution in [0.5, 0.6) is 5.75 Å². The van der Waals surface area contributed by atoms with Crippen LogP contribution in [0.4, 0.5) is 5.69 Å². The molecule has 1 amide bonds. The van der Waals surface area contributed by atoms with Crippen molar-refractivity contribution in [1.29, 1.82) is 0 Å². The molecule has 5 nitrogen and oxygen atoms in total. The van der Waals surface area contributed by atoms with E-state index >= 15 is 0 Å². The van der Waals surface area contributed by atoms with Crippen LogP contribution in [0.25, 0.3) is 0 Å². The van der Waals surface area contributed by atoms with E-state index in [9.17, 15) is 4.79 Å². The van der Waals surface area contributed by atoms with Crippen molar-refractivity contribution in [2.24, 2.45) is 5.73 Å². The lowest BCUT2D eigenvalue weighted by atomic mass is 10.2. The fraction of sp³-hybridized carbons (Fsp3) is 0.533. The summed E-state index contributed by atoms with van der Waals surface area (Å²) in [5.74, 6) is 0.522. The van der Waals surface area contributed by atoms with E-state index in [1.54, 1.807) is 0 Å². The largest absolute Gasteiger partial charge is 0.492 e. The monoisotopic (exact) mass is 277 g/mol. The molecule has 5 heteroatoms.